The molecule has 0 saturated heterocycles. The average Bonchev–Trinajstić information content (AvgIpc) is 2.46. The number of amides is 1. The van der Waals surface area contributed by atoms with E-state index in [0.29, 0.717) is 6.04 Å². The molecule has 0 radical (unpaired) electrons. The molecule has 1 aromatic rings. The molecule has 1 amide bonds. The Balaban J connectivity index is 2.75. The number of aromatic nitrogens is 1. The SMILES string of the molecule is CC(=O)N/N=C\c1cc(C)n(C(C)C)c1. The van der Waals surface area contributed by atoms with E-state index in [1.807, 2.05) is 12.3 Å². The number of carbonyl (C=O) groups is 1. The highest BCUT2D eigenvalue weighted by atomic mass is 16.2. The lowest BCUT2D eigenvalue weighted by Crippen LogP contribution is -2.12. The third-order valence-corrected chi connectivity index (χ3v) is 2.06. The van der Waals surface area contributed by atoms with E-state index >= 15 is 0 Å². The van der Waals surface area contributed by atoms with E-state index in [1.165, 1.54) is 12.6 Å². The van der Waals surface area contributed by atoms with Gasteiger partial charge in [0.05, 0.1) is 6.21 Å². The van der Waals surface area contributed by atoms with Gasteiger partial charge in [-0.2, -0.15) is 5.10 Å². The highest BCUT2D eigenvalue weighted by Crippen LogP contribution is 2.12. The number of hydrogen-bond acceptors (Lipinski definition) is 2. The second-order valence-corrected chi connectivity index (χ2v) is 3.84. The minimum atomic E-state index is -0.161. The Labute approximate surface area is 90.0 Å². The molecule has 0 saturated carbocycles. The summed E-state index contributed by atoms with van der Waals surface area (Å²) in [7, 11) is 0. The molecule has 0 aliphatic carbocycles. The highest BCUT2D eigenvalue weighted by molar-refractivity contribution is 5.81. The van der Waals surface area contributed by atoms with E-state index in [2.05, 4.69) is 35.9 Å². The van der Waals surface area contributed by atoms with Gasteiger partial charge in [0.15, 0.2) is 0 Å². The number of nitrogens with one attached hydrogen (secondary N) is 1. The van der Waals surface area contributed by atoms with Gasteiger partial charge in [-0.1, -0.05) is 0 Å². The molecule has 0 fully saturated rings. The van der Waals surface area contributed by atoms with Crippen LogP contribution in [0.5, 0.6) is 0 Å². The molecular weight excluding hydrogens is 190 g/mol. The van der Waals surface area contributed by atoms with Crippen molar-refractivity contribution < 1.29 is 4.79 Å². The van der Waals surface area contributed by atoms with Crippen LogP contribution in [0.2, 0.25) is 0 Å². The molecule has 0 aliphatic rings. The molecule has 0 aromatic carbocycles. The van der Waals surface area contributed by atoms with Gasteiger partial charge in [0.2, 0.25) is 5.91 Å². The summed E-state index contributed by atoms with van der Waals surface area (Å²) in [5.41, 5.74) is 4.56. The predicted molar refractivity (Wildman–Crippen MR) is 61.0 cm³/mol. The molecular formula is C11H17N3O. The second-order valence-electron chi connectivity index (χ2n) is 3.84. The normalized spacial score (nSPS) is 11.3. The lowest BCUT2D eigenvalue weighted by Gasteiger charge is -2.08. The molecule has 0 aliphatic heterocycles. The molecule has 4 nitrogen and oxygen atoms in total. The lowest BCUT2D eigenvalue weighted by atomic mass is 10.3. The summed E-state index contributed by atoms with van der Waals surface area (Å²) >= 11 is 0. The second kappa shape index (κ2) is 4.77. The van der Waals surface area contributed by atoms with Crippen LogP contribution in [0.3, 0.4) is 0 Å². The first-order valence-electron chi connectivity index (χ1n) is 4.99. The minimum Gasteiger partial charge on any atom is -0.349 e. The van der Waals surface area contributed by atoms with Gasteiger partial charge in [-0.15, -0.1) is 0 Å². The standard InChI is InChI=1S/C11H17N3O/c1-8(2)14-7-11(5-9(14)3)6-12-13-10(4)15/h5-8H,1-4H3,(H,13,15)/b12-6-. The van der Waals surface area contributed by atoms with Crippen molar-refractivity contribution in [1.29, 1.82) is 0 Å². The van der Waals surface area contributed by atoms with Crippen LogP contribution in [0.25, 0.3) is 0 Å². The maximum Gasteiger partial charge on any atom is 0.236 e. The maximum atomic E-state index is 10.6. The van der Waals surface area contributed by atoms with E-state index in [1.54, 1.807) is 6.21 Å². The Hall–Kier alpha value is -1.58. The van der Waals surface area contributed by atoms with Crippen LogP contribution in [0, 0.1) is 6.92 Å². The first kappa shape index (κ1) is 11.5. The van der Waals surface area contributed by atoms with E-state index in [0.717, 1.165) is 5.56 Å². The molecule has 0 bridgehead atoms. The Morgan fingerprint density at radius 3 is 2.73 bits per heavy atom. The Morgan fingerprint density at radius 1 is 1.60 bits per heavy atom. The van der Waals surface area contributed by atoms with Crippen LogP contribution in [0.15, 0.2) is 17.4 Å². The summed E-state index contributed by atoms with van der Waals surface area (Å²) in [4.78, 5) is 10.6. The monoisotopic (exact) mass is 207 g/mol. The zero-order chi connectivity index (χ0) is 11.4. The van der Waals surface area contributed by atoms with Gasteiger partial charge in [-0.25, -0.2) is 5.43 Å². The summed E-state index contributed by atoms with van der Waals surface area (Å²) < 4.78 is 2.16. The molecule has 1 heterocycles. The smallest absolute Gasteiger partial charge is 0.236 e. The van der Waals surface area contributed by atoms with Crippen LogP contribution < -0.4 is 5.43 Å². The number of rotatable bonds is 3. The summed E-state index contributed by atoms with van der Waals surface area (Å²) in [6.07, 6.45) is 3.67. The molecule has 82 valence electrons. The van der Waals surface area contributed by atoms with Crippen molar-refractivity contribution in [2.24, 2.45) is 5.10 Å². The highest BCUT2D eigenvalue weighted by Gasteiger charge is 2.02. The van der Waals surface area contributed by atoms with Crippen molar-refractivity contribution in [3.05, 3.63) is 23.5 Å². The molecule has 1 aromatic heterocycles. The van der Waals surface area contributed by atoms with Crippen molar-refractivity contribution in [2.45, 2.75) is 33.7 Å². The van der Waals surface area contributed by atoms with Gasteiger partial charge in [-0.3, -0.25) is 4.79 Å². The van der Waals surface area contributed by atoms with Gasteiger partial charge < -0.3 is 4.57 Å². The van der Waals surface area contributed by atoms with Crippen LogP contribution >= 0.6 is 0 Å². The molecule has 4 heteroatoms. The number of aryl methyl sites for hydroxylation is 1. The van der Waals surface area contributed by atoms with E-state index in [4.69, 9.17) is 0 Å². The molecule has 0 unspecified atom stereocenters. The Morgan fingerprint density at radius 2 is 2.27 bits per heavy atom. The Kier molecular flexibility index (Phi) is 3.66. The van der Waals surface area contributed by atoms with Crippen LogP contribution in [0.1, 0.15) is 38.1 Å². The van der Waals surface area contributed by atoms with Crippen molar-refractivity contribution in [2.75, 3.05) is 0 Å². The van der Waals surface area contributed by atoms with E-state index in [9.17, 15) is 4.79 Å². The summed E-state index contributed by atoms with van der Waals surface area (Å²) in [6, 6.07) is 2.47. The fourth-order valence-corrected chi connectivity index (χ4v) is 1.44. The van der Waals surface area contributed by atoms with Crippen molar-refractivity contribution >= 4 is 12.1 Å². The fourth-order valence-electron chi connectivity index (χ4n) is 1.44. The molecule has 1 rings (SSSR count). The third-order valence-electron chi connectivity index (χ3n) is 2.06. The van der Waals surface area contributed by atoms with Crippen molar-refractivity contribution in [3.8, 4) is 0 Å². The topological polar surface area (TPSA) is 46.4 Å². The van der Waals surface area contributed by atoms with Gasteiger partial charge in [0, 0.05) is 30.4 Å². The predicted octanol–water partition coefficient (Wildman–Crippen LogP) is 1.85. The first-order chi connectivity index (χ1) is 7.00. The fraction of sp³-hybridized carbons (Fsp3) is 0.455. The summed E-state index contributed by atoms with van der Waals surface area (Å²) in [6.45, 7) is 7.74. The third kappa shape index (κ3) is 3.23. The molecule has 15 heavy (non-hydrogen) atoms. The largest absolute Gasteiger partial charge is 0.349 e. The van der Waals surface area contributed by atoms with Gasteiger partial charge in [-0.05, 0) is 26.8 Å². The first-order valence-corrected chi connectivity index (χ1v) is 4.99. The maximum absolute atomic E-state index is 10.6. The average molecular weight is 207 g/mol. The van der Waals surface area contributed by atoms with E-state index < -0.39 is 0 Å². The summed E-state index contributed by atoms with van der Waals surface area (Å²) in [5.74, 6) is -0.161. The number of carbonyl (C=O) groups excluding carboxylic acids is 1. The van der Waals surface area contributed by atoms with Gasteiger partial charge in [0.1, 0.15) is 0 Å². The van der Waals surface area contributed by atoms with Crippen LogP contribution in [0.4, 0.5) is 0 Å². The van der Waals surface area contributed by atoms with Crippen LogP contribution in [-0.4, -0.2) is 16.7 Å². The zero-order valence-corrected chi connectivity index (χ0v) is 9.61. The van der Waals surface area contributed by atoms with Crippen molar-refractivity contribution in [3.63, 3.8) is 0 Å². The summed E-state index contributed by atoms with van der Waals surface area (Å²) in [5, 5.41) is 3.82. The molecule has 0 spiro atoms. The van der Waals surface area contributed by atoms with E-state index in [-0.39, 0.29) is 5.91 Å². The number of hydrazone groups is 1. The number of hydrogen-bond donors (Lipinski definition) is 1. The lowest BCUT2D eigenvalue weighted by molar-refractivity contribution is -0.118. The Bertz CT molecular complexity index is 377. The number of nitrogens with zero attached hydrogens (tertiary/aromatic N) is 2. The minimum absolute atomic E-state index is 0.161. The molecule has 1 N–H and O–H groups in total. The quantitative estimate of drug-likeness (QED) is 0.596. The van der Waals surface area contributed by atoms with Gasteiger partial charge >= 0.3 is 0 Å². The molecule has 0 atom stereocenters. The van der Waals surface area contributed by atoms with Crippen LogP contribution in [-0.2, 0) is 4.79 Å². The van der Waals surface area contributed by atoms with Crippen molar-refractivity contribution in [1.82, 2.24) is 9.99 Å². The zero-order valence-electron chi connectivity index (χ0n) is 9.61. The van der Waals surface area contributed by atoms with Gasteiger partial charge in [0.25, 0.3) is 0 Å².